The van der Waals surface area contributed by atoms with Gasteiger partial charge in [0.2, 0.25) is 0 Å². The van der Waals surface area contributed by atoms with E-state index in [-0.39, 0.29) is 0 Å². The Kier molecular flexibility index (Phi) is 4.20. The summed E-state index contributed by atoms with van der Waals surface area (Å²) < 4.78 is 0. The summed E-state index contributed by atoms with van der Waals surface area (Å²) in [6, 6.07) is 0. The highest BCUT2D eigenvalue weighted by molar-refractivity contribution is 4.73. The number of hydrogen-bond donors (Lipinski definition) is 1. The quantitative estimate of drug-likeness (QED) is 0.624. The Morgan fingerprint density at radius 1 is 1.00 bits per heavy atom. The summed E-state index contributed by atoms with van der Waals surface area (Å²) in [7, 11) is 2.19. The molecule has 2 nitrogen and oxygen atoms in total. The fourth-order valence-corrected chi connectivity index (χ4v) is 2.01. The minimum Gasteiger partial charge on any atom is -0.390 e. The van der Waals surface area contributed by atoms with Crippen LogP contribution in [0.3, 0.4) is 0 Å². The van der Waals surface area contributed by atoms with Crippen molar-refractivity contribution in [1.82, 2.24) is 4.90 Å². The summed E-state index contributed by atoms with van der Waals surface area (Å²) in [5, 5.41) is 9.95. The van der Waals surface area contributed by atoms with Crippen LogP contribution in [0.15, 0.2) is 0 Å². The van der Waals surface area contributed by atoms with Gasteiger partial charge in [-0.3, -0.25) is 0 Å². The van der Waals surface area contributed by atoms with Crippen LogP contribution in [-0.2, 0) is 0 Å². The van der Waals surface area contributed by atoms with Crippen LogP contribution in [0.2, 0.25) is 0 Å². The molecule has 0 saturated carbocycles. The van der Waals surface area contributed by atoms with Gasteiger partial charge in [-0.05, 0) is 65.6 Å². The lowest BCUT2D eigenvalue weighted by Crippen LogP contribution is -2.28. The third-order valence-electron chi connectivity index (χ3n) is 3.01. The van der Waals surface area contributed by atoms with E-state index in [1.54, 1.807) is 0 Å². The van der Waals surface area contributed by atoms with Crippen LogP contribution in [0.25, 0.3) is 0 Å². The zero-order valence-corrected chi connectivity index (χ0v) is 9.05. The molecule has 0 bridgehead atoms. The average molecular weight is 185 g/mol. The van der Waals surface area contributed by atoms with Gasteiger partial charge in [-0.25, -0.2) is 0 Å². The lowest BCUT2D eigenvalue weighted by atomic mass is 9.92. The molecule has 1 saturated heterocycles. The zero-order chi connectivity index (χ0) is 9.73. The maximum atomic E-state index is 9.95. The van der Waals surface area contributed by atoms with Gasteiger partial charge in [-0.15, -0.1) is 0 Å². The lowest BCUT2D eigenvalue weighted by molar-refractivity contribution is 0.0337. The van der Waals surface area contributed by atoms with Crippen molar-refractivity contribution in [3.63, 3.8) is 0 Å². The normalized spacial score (nSPS) is 27.0. The molecular formula is C11H23NO. The van der Waals surface area contributed by atoms with E-state index in [1.165, 1.54) is 25.9 Å². The summed E-state index contributed by atoms with van der Waals surface area (Å²) in [5.41, 5.74) is -0.393. The van der Waals surface area contributed by atoms with Crippen LogP contribution < -0.4 is 0 Å². The Hall–Kier alpha value is -0.0800. The molecule has 0 aromatic rings. The molecule has 0 aliphatic carbocycles. The van der Waals surface area contributed by atoms with E-state index < -0.39 is 5.60 Å². The van der Waals surface area contributed by atoms with E-state index in [4.69, 9.17) is 0 Å². The fraction of sp³-hybridized carbons (Fsp3) is 1.00. The monoisotopic (exact) mass is 185 g/mol. The molecule has 0 radical (unpaired) electrons. The van der Waals surface area contributed by atoms with Crippen LogP contribution in [0.1, 0.15) is 45.4 Å². The van der Waals surface area contributed by atoms with Gasteiger partial charge in [-0.1, -0.05) is 0 Å². The average Bonchev–Trinajstić information content (AvgIpc) is 2.06. The molecule has 13 heavy (non-hydrogen) atoms. The lowest BCUT2D eigenvalue weighted by Gasteiger charge is -2.26. The number of hydrogen-bond acceptors (Lipinski definition) is 2. The Labute approximate surface area is 81.9 Å². The SMILES string of the molecule is CN1CCCCC(C)(O)CCCC1. The second kappa shape index (κ2) is 4.97. The molecule has 0 aromatic heterocycles. The predicted octanol–water partition coefficient (Wildman–Crippen LogP) is 2.02. The van der Waals surface area contributed by atoms with Crippen molar-refractivity contribution in [2.75, 3.05) is 20.1 Å². The molecule has 0 aromatic carbocycles. The van der Waals surface area contributed by atoms with Crippen molar-refractivity contribution in [3.05, 3.63) is 0 Å². The maximum Gasteiger partial charge on any atom is 0.0619 e. The molecule has 1 aliphatic rings. The molecule has 2 heteroatoms. The van der Waals surface area contributed by atoms with E-state index in [1.807, 2.05) is 6.92 Å². The first-order valence-electron chi connectivity index (χ1n) is 5.51. The van der Waals surface area contributed by atoms with Gasteiger partial charge in [-0.2, -0.15) is 0 Å². The molecule has 1 aliphatic heterocycles. The highest BCUT2D eigenvalue weighted by Crippen LogP contribution is 2.21. The van der Waals surface area contributed by atoms with Crippen LogP contribution in [0, 0.1) is 0 Å². The number of rotatable bonds is 0. The molecule has 1 fully saturated rings. The molecule has 1 heterocycles. The Morgan fingerprint density at radius 2 is 1.46 bits per heavy atom. The first-order valence-corrected chi connectivity index (χ1v) is 5.51. The van der Waals surface area contributed by atoms with Gasteiger partial charge in [0.05, 0.1) is 5.60 Å². The first kappa shape index (κ1) is 11.0. The second-order valence-corrected chi connectivity index (χ2v) is 4.71. The van der Waals surface area contributed by atoms with E-state index >= 15 is 0 Å². The van der Waals surface area contributed by atoms with Crippen molar-refractivity contribution < 1.29 is 5.11 Å². The largest absolute Gasteiger partial charge is 0.390 e. The Morgan fingerprint density at radius 3 is 1.92 bits per heavy atom. The third-order valence-corrected chi connectivity index (χ3v) is 3.01. The van der Waals surface area contributed by atoms with Gasteiger partial charge in [0.15, 0.2) is 0 Å². The van der Waals surface area contributed by atoms with Crippen molar-refractivity contribution in [1.29, 1.82) is 0 Å². The Bertz CT molecular complexity index is 131. The predicted molar refractivity (Wildman–Crippen MR) is 55.8 cm³/mol. The van der Waals surface area contributed by atoms with Crippen molar-refractivity contribution in [2.45, 2.75) is 51.0 Å². The van der Waals surface area contributed by atoms with E-state index in [9.17, 15) is 5.11 Å². The van der Waals surface area contributed by atoms with Gasteiger partial charge in [0.1, 0.15) is 0 Å². The number of aliphatic hydroxyl groups is 1. The highest BCUT2D eigenvalue weighted by atomic mass is 16.3. The van der Waals surface area contributed by atoms with E-state index in [0.717, 1.165) is 25.7 Å². The van der Waals surface area contributed by atoms with Crippen molar-refractivity contribution in [3.8, 4) is 0 Å². The molecular weight excluding hydrogens is 162 g/mol. The number of nitrogens with zero attached hydrogens (tertiary/aromatic N) is 1. The fourth-order valence-electron chi connectivity index (χ4n) is 2.01. The molecule has 0 spiro atoms. The molecule has 0 amide bonds. The smallest absolute Gasteiger partial charge is 0.0619 e. The molecule has 1 N–H and O–H groups in total. The van der Waals surface area contributed by atoms with Gasteiger partial charge < -0.3 is 10.0 Å². The van der Waals surface area contributed by atoms with E-state index in [0.29, 0.717) is 0 Å². The summed E-state index contributed by atoms with van der Waals surface area (Å²) in [4.78, 5) is 2.40. The van der Waals surface area contributed by atoms with Crippen molar-refractivity contribution in [2.24, 2.45) is 0 Å². The third kappa shape index (κ3) is 4.63. The Balaban J connectivity index is 2.33. The van der Waals surface area contributed by atoms with Gasteiger partial charge >= 0.3 is 0 Å². The summed E-state index contributed by atoms with van der Waals surface area (Å²) >= 11 is 0. The van der Waals surface area contributed by atoms with Crippen LogP contribution in [0.4, 0.5) is 0 Å². The van der Waals surface area contributed by atoms with Crippen LogP contribution in [0.5, 0.6) is 0 Å². The van der Waals surface area contributed by atoms with Crippen LogP contribution >= 0.6 is 0 Å². The molecule has 0 atom stereocenters. The van der Waals surface area contributed by atoms with E-state index in [2.05, 4.69) is 11.9 Å². The first-order chi connectivity index (χ1) is 6.10. The zero-order valence-electron chi connectivity index (χ0n) is 9.05. The summed E-state index contributed by atoms with van der Waals surface area (Å²) in [5.74, 6) is 0. The highest BCUT2D eigenvalue weighted by Gasteiger charge is 2.19. The standard InChI is InChI=1S/C11H23NO/c1-11(13)7-3-5-9-12(2)10-6-4-8-11/h13H,3-10H2,1-2H3. The second-order valence-electron chi connectivity index (χ2n) is 4.71. The maximum absolute atomic E-state index is 9.95. The van der Waals surface area contributed by atoms with Crippen LogP contribution in [-0.4, -0.2) is 35.7 Å². The van der Waals surface area contributed by atoms with Gasteiger partial charge in [0, 0.05) is 0 Å². The summed E-state index contributed by atoms with van der Waals surface area (Å²) in [6.07, 6.45) is 6.73. The minimum absolute atomic E-state index is 0.393. The topological polar surface area (TPSA) is 23.5 Å². The van der Waals surface area contributed by atoms with Crippen molar-refractivity contribution >= 4 is 0 Å². The molecule has 1 rings (SSSR count). The minimum atomic E-state index is -0.393. The van der Waals surface area contributed by atoms with Gasteiger partial charge in [0.25, 0.3) is 0 Å². The molecule has 78 valence electrons. The summed E-state index contributed by atoms with van der Waals surface area (Å²) in [6.45, 7) is 4.37. The molecule has 0 unspecified atom stereocenters.